The molecule has 0 aliphatic heterocycles. The van der Waals surface area contributed by atoms with Crippen LogP contribution in [-0.4, -0.2) is 44.3 Å². The van der Waals surface area contributed by atoms with E-state index < -0.39 is 0 Å². The second-order valence-electron chi connectivity index (χ2n) is 4.40. The monoisotopic (exact) mass is 200 g/mol. The first-order chi connectivity index (χ1) is 6.74. The van der Waals surface area contributed by atoms with Crippen molar-refractivity contribution in [2.45, 2.75) is 44.2 Å². The molecule has 0 spiro atoms. The average Bonchev–Trinajstić information content (AvgIpc) is 2.19. The molecule has 0 aromatic heterocycles. The van der Waals surface area contributed by atoms with Crippen LogP contribution in [0.4, 0.5) is 0 Å². The Morgan fingerprint density at radius 1 is 1.29 bits per heavy atom. The lowest BCUT2D eigenvalue weighted by Crippen LogP contribution is -2.39. The van der Waals surface area contributed by atoms with Crippen molar-refractivity contribution < 1.29 is 4.74 Å². The van der Waals surface area contributed by atoms with E-state index in [0.29, 0.717) is 6.04 Å². The number of rotatable bonds is 5. The van der Waals surface area contributed by atoms with Gasteiger partial charge in [0.25, 0.3) is 0 Å². The fraction of sp³-hybridized carbons (Fsp3) is 1.00. The Morgan fingerprint density at radius 2 is 1.93 bits per heavy atom. The van der Waals surface area contributed by atoms with Gasteiger partial charge in [-0.1, -0.05) is 0 Å². The van der Waals surface area contributed by atoms with Crippen LogP contribution < -0.4 is 5.73 Å². The quantitative estimate of drug-likeness (QED) is 0.678. The van der Waals surface area contributed by atoms with Gasteiger partial charge in [-0.2, -0.15) is 0 Å². The lowest BCUT2D eigenvalue weighted by Gasteiger charge is -2.33. The number of hydrogen-bond donors (Lipinski definition) is 1. The molecule has 0 atom stereocenters. The summed E-state index contributed by atoms with van der Waals surface area (Å²) in [5.74, 6) is 0. The molecule has 0 amide bonds. The van der Waals surface area contributed by atoms with Gasteiger partial charge in [0.05, 0.1) is 0 Å². The van der Waals surface area contributed by atoms with E-state index in [4.69, 9.17) is 10.5 Å². The van der Waals surface area contributed by atoms with Crippen LogP contribution in [0.15, 0.2) is 0 Å². The molecule has 0 saturated heterocycles. The van der Waals surface area contributed by atoms with Crippen LogP contribution in [0.1, 0.15) is 32.1 Å². The molecule has 0 heterocycles. The first-order valence-electron chi connectivity index (χ1n) is 5.68. The normalized spacial score (nSPS) is 28.3. The highest BCUT2D eigenvalue weighted by Gasteiger charge is 2.21. The minimum absolute atomic E-state index is 0.457. The van der Waals surface area contributed by atoms with E-state index in [-0.39, 0.29) is 0 Å². The number of hydrogen-bond acceptors (Lipinski definition) is 3. The topological polar surface area (TPSA) is 38.5 Å². The second-order valence-corrected chi connectivity index (χ2v) is 4.40. The van der Waals surface area contributed by atoms with Gasteiger partial charge in [0.15, 0.2) is 0 Å². The fourth-order valence-electron chi connectivity index (χ4n) is 2.18. The molecule has 0 aromatic rings. The summed E-state index contributed by atoms with van der Waals surface area (Å²) in [4.78, 5) is 2.46. The molecule has 1 rings (SSSR count). The zero-order valence-corrected chi connectivity index (χ0v) is 9.54. The minimum Gasteiger partial charge on any atom is -0.385 e. The summed E-state index contributed by atoms with van der Waals surface area (Å²) >= 11 is 0. The summed E-state index contributed by atoms with van der Waals surface area (Å²) < 4.78 is 5.05. The molecular weight excluding hydrogens is 176 g/mol. The molecule has 14 heavy (non-hydrogen) atoms. The average molecular weight is 200 g/mol. The molecule has 0 bridgehead atoms. The largest absolute Gasteiger partial charge is 0.385 e. The van der Waals surface area contributed by atoms with Crippen molar-refractivity contribution in [3.63, 3.8) is 0 Å². The lowest BCUT2D eigenvalue weighted by molar-refractivity contribution is 0.146. The Bertz CT molecular complexity index is 144. The van der Waals surface area contributed by atoms with E-state index in [0.717, 1.165) is 25.6 Å². The predicted octanol–water partition coefficient (Wildman–Crippen LogP) is 1.22. The zero-order valence-electron chi connectivity index (χ0n) is 9.54. The molecule has 0 unspecified atom stereocenters. The van der Waals surface area contributed by atoms with E-state index in [1.54, 1.807) is 7.11 Å². The summed E-state index contributed by atoms with van der Waals surface area (Å²) in [6.07, 6.45) is 6.06. The van der Waals surface area contributed by atoms with E-state index >= 15 is 0 Å². The smallest absolute Gasteiger partial charge is 0.0474 e. The van der Waals surface area contributed by atoms with Crippen molar-refractivity contribution in [2.75, 3.05) is 27.3 Å². The SMILES string of the molecule is COCCCN(C)C1CCC(N)CC1. The number of methoxy groups -OCH3 is 1. The van der Waals surface area contributed by atoms with Crippen molar-refractivity contribution in [3.8, 4) is 0 Å². The fourth-order valence-corrected chi connectivity index (χ4v) is 2.18. The minimum atomic E-state index is 0.457. The van der Waals surface area contributed by atoms with Crippen LogP contribution in [0.25, 0.3) is 0 Å². The molecule has 2 N–H and O–H groups in total. The van der Waals surface area contributed by atoms with Crippen LogP contribution in [0.5, 0.6) is 0 Å². The van der Waals surface area contributed by atoms with Crippen molar-refractivity contribution in [2.24, 2.45) is 5.73 Å². The Labute approximate surface area is 87.6 Å². The summed E-state index contributed by atoms with van der Waals surface area (Å²) in [5.41, 5.74) is 5.88. The molecule has 84 valence electrons. The molecule has 3 nitrogen and oxygen atoms in total. The molecule has 3 heteroatoms. The van der Waals surface area contributed by atoms with E-state index in [1.807, 2.05) is 0 Å². The van der Waals surface area contributed by atoms with Crippen LogP contribution in [-0.2, 0) is 4.74 Å². The Kier molecular flexibility index (Phi) is 5.45. The van der Waals surface area contributed by atoms with E-state index in [2.05, 4.69) is 11.9 Å². The third-order valence-corrected chi connectivity index (χ3v) is 3.22. The van der Waals surface area contributed by atoms with Gasteiger partial charge in [0.2, 0.25) is 0 Å². The van der Waals surface area contributed by atoms with Gasteiger partial charge >= 0.3 is 0 Å². The number of nitrogens with two attached hydrogens (primary N) is 1. The molecule has 0 aromatic carbocycles. The van der Waals surface area contributed by atoms with E-state index in [1.165, 1.54) is 25.7 Å². The Hall–Kier alpha value is -0.120. The highest BCUT2D eigenvalue weighted by Crippen LogP contribution is 2.20. The van der Waals surface area contributed by atoms with Gasteiger partial charge in [-0.3, -0.25) is 0 Å². The predicted molar refractivity (Wildman–Crippen MR) is 59.4 cm³/mol. The van der Waals surface area contributed by atoms with E-state index in [9.17, 15) is 0 Å². The van der Waals surface area contributed by atoms with Gasteiger partial charge in [0, 0.05) is 32.3 Å². The molecule has 1 saturated carbocycles. The summed E-state index contributed by atoms with van der Waals surface area (Å²) in [7, 11) is 3.98. The summed E-state index contributed by atoms with van der Waals surface area (Å²) in [6.45, 7) is 2.02. The highest BCUT2D eigenvalue weighted by atomic mass is 16.5. The Balaban J connectivity index is 2.13. The molecular formula is C11H24N2O. The van der Waals surface area contributed by atoms with Gasteiger partial charge in [-0.25, -0.2) is 0 Å². The number of nitrogens with zero attached hydrogens (tertiary/aromatic N) is 1. The molecule has 1 aliphatic rings. The summed E-state index contributed by atoms with van der Waals surface area (Å²) in [6, 6.07) is 1.21. The van der Waals surface area contributed by atoms with Crippen LogP contribution in [0, 0.1) is 0 Å². The van der Waals surface area contributed by atoms with Gasteiger partial charge < -0.3 is 15.4 Å². The maximum absolute atomic E-state index is 5.88. The maximum atomic E-state index is 5.88. The first kappa shape index (κ1) is 12.0. The molecule has 0 radical (unpaired) electrons. The lowest BCUT2D eigenvalue weighted by atomic mass is 9.91. The van der Waals surface area contributed by atoms with Crippen LogP contribution in [0.2, 0.25) is 0 Å². The third kappa shape index (κ3) is 3.95. The van der Waals surface area contributed by atoms with Gasteiger partial charge in [-0.05, 0) is 39.2 Å². The van der Waals surface area contributed by atoms with Crippen molar-refractivity contribution in [3.05, 3.63) is 0 Å². The first-order valence-corrected chi connectivity index (χ1v) is 5.68. The number of ether oxygens (including phenoxy) is 1. The van der Waals surface area contributed by atoms with Crippen molar-refractivity contribution in [1.82, 2.24) is 4.90 Å². The Morgan fingerprint density at radius 3 is 2.50 bits per heavy atom. The van der Waals surface area contributed by atoms with Crippen LogP contribution in [0.3, 0.4) is 0 Å². The van der Waals surface area contributed by atoms with Crippen LogP contribution >= 0.6 is 0 Å². The molecule has 1 aliphatic carbocycles. The zero-order chi connectivity index (χ0) is 10.4. The maximum Gasteiger partial charge on any atom is 0.0474 e. The van der Waals surface area contributed by atoms with Gasteiger partial charge in [-0.15, -0.1) is 0 Å². The second kappa shape index (κ2) is 6.38. The van der Waals surface area contributed by atoms with Gasteiger partial charge in [0.1, 0.15) is 0 Å². The summed E-state index contributed by atoms with van der Waals surface area (Å²) in [5, 5.41) is 0. The highest BCUT2D eigenvalue weighted by molar-refractivity contribution is 4.79. The molecule has 1 fully saturated rings. The van der Waals surface area contributed by atoms with Crippen molar-refractivity contribution >= 4 is 0 Å². The third-order valence-electron chi connectivity index (χ3n) is 3.22. The standard InChI is InChI=1S/C11H24N2O/c1-13(8-3-9-14-2)11-6-4-10(12)5-7-11/h10-11H,3-9,12H2,1-2H3. The van der Waals surface area contributed by atoms with Crippen molar-refractivity contribution in [1.29, 1.82) is 0 Å².